The van der Waals surface area contributed by atoms with E-state index < -0.39 is 5.60 Å². The molecule has 0 aromatic carbocycles. The van der Waals surface area contributed by atoms with E-state index >= 15 is 0 Å². The summed E-state index contributed by atoms with van der Waals surface area (Å²) in [5, 5.41) is 13.6. The van der Waals surface area contributed by atoms with Crippen molar-refractivity contribution in [2.24, 2.45) is 5.92 Å². The lowest BCUT2D eigenvalue weighted by atomic mass is 9.97. The Morgan fingerprint density at radius 1 is 1.52 bits per heavy atom. The maximum Gasteiger partial charge on any atom is 0.239 e. The van der Waals surface area contributed by atoms with Gasteiger partial charge >= 0.3 is 0 Å². The number of aliphatic hydroxyl groups is 1. The van der Waals surface area contributed by atoms with Crippen LogP contribution in [-0.2, 0) is 4.74 Å². The predicted molar refractivity (Wildman–Crippen MR) is 80.3 cm³/mol. The highest BCUT2D eigenvalue weighted by Gasteiger charge is 2.39. The summed E-state index contributed by atoms with van der Waals surface area (Å²) >= 11 is 0. The van der Waals surface area contributed by atoms with Crippen LogP contribution in [0.4, 0.5) is 11.5 Å². The van der Waals surface area contributed by atoms with Crippen LogP contribution in [0.15, 0.2) is 12.1 Å². The summed E-state index contributed by atoms with van der Waals surface area (Å²) in [4.78, 5) is 4.38. The number of nitrogen functional groups attached to an aromatic ring is 1. The highest BCUT2D eigenvalue weighted by Crippen LogP contribution is 2.31. The first-order valence-electron chi connectivity index (χ1n) is 7.54. The summed E-state index contributed by atoms with van der Waals surface area (Å²) < 4.78 is 11.1. The average molecular weight is 293 g/mol. The van der Waals surface area contributed by atoms with Crippen molar-refractivity contribution in [2.75, 3.05) is 30.8 Å². The second-order valence-corrected chi connectivity index (χ2v) is 6.07. The standard InChI is InChI=1S/C15H23N3O3/c1-10-15(19,6-7-20-10)9-17-13-5-4-12(16)14(18-13)21-8-11-2-3-11/h4-5,10-11,19H,2-3,6-9,16H2,1H3,(H,17,18). The minimum Gasteiger partial charge on any atom is -0.476 e. The van der Waals surface area contributed by atoms with E-state index in [0.717, 1.165) is 0 Å². The van der Waals surface area contributed by atoms with Crippen LogP contribution in [0.5, 0.6) is 5.88 Å². The molecule has 2 unspecified atom stereocenters. The molecule has 0 amide bonds. The fraction of sp³-hybridized carbons (Fsp3) is 0.667. The summed E-state index contributed by atoms with van der Waals surface area (Å²) in [6, 6.07) is 3.57. The molecule has 1 saturated heterocycles. The molecule has 1 aromatic rings. The molecule has 1 aromatic heterocycles. The van der Waals surface area contributed by atoms with Crippen LogP contribution in [0, 0.1) is 5.92 Å². The molecule has 1 saturated carbocycles. The van der Waals surface area contributed by atoms with Gasteiger partial charge in [0.25, 0.3) is 0 Å². The van der Waals surface area contributed by atoms with Crippen molar-refractivity contribution < 1.29 is 14.6 Å². The number of nitrogens with two attached hydrogens (primary N) is 1. The lowest BCUT2D eigenvalue weighted by Gasteiger charge is -2.26. The van der Waals surface area contributed by atoms with Crippen LogP contribution in [0.2, 0.25) is 0 Å². The second-order valence-electron chi connectivity index (χ2n) is 6.07. The Labute approximate surface area is 124 Å². The monoisotopic (exact) mass is 293 g/mol. The topological polar surface area (TPSA) is 89.6 Å². The van der Waals surface area contributed by atoms with Gasteiger partial charge in [0.05, 0.1) is 18.4 Å². The molecular weight excluding hydrogens is 270 g/mol. The van der Waals surface area contributed by atoms with Crippen LogP contribution in [0.1, 0.15) is 26.2 Å². The first-order chi connectivity index (χ1) is 10.1. The van der Waals surface area contributed by atoms with Crippen molar-refractivity contribution in [3.63, 3.8) is 0 Å². The third-order valence-electron chi connectivity index (χ3n) is 4.28. The number of rotatable bonds is 6. The second kappa shape index (κ2) is 5.69. The van der Waals surface area contributed by atoms with Gasteiger partial charge in [-0.3, -0.25) is 0 Å². The summed E-state index contributed by atoms with van der Waals surface area (Å²) in [6.07, 6.45) is 2.90. The van der Waals surface area contributed by atoms with E-state index in [1.807, 2.05) is 6.92 Å². The van der Waals surface area contributed by atoms with E-state index in [4.69, 9.17) is 15.2 Å². The third kappa shape index (κ3) is 3.39. The summed E-state index contributed by atoms with van der Waals surface area (Å²) in [5.41, 5.74) is 5.57. The van der Waals surface area contributed by atoms with Crippen molar-refractivity contribution in [3.05, 3.63) is 12.1 Å². The molecule has 6 nitrogen and oxygen atoms in total. The molecule has 0 bridgehead atoms. The highest BCUT2D eigenvalue weighted by atomic mass is 16.5. The van der Waals surface area contributed by atoms with Gasteiger partial charge in [0.1, 0.15) is 11.4 Å². The molecule has 3 rings (SSSR count). The number of hydrogen-bond donors (Lipinski definition) is 3. The fourth-order valence-corrected chi connectivity index (χ4v) is 2.39. The molecule has 1 aliphatic heterocycles. The number of aromatic nitrogens is 1. The van der Waals surface area contributed by atoms with Crippen molar-refractivity contribution in [2.45, 2.75) is 37.9 Å². The molecule has 2 fully saturated rings. The molecule has 4 N–H and O–H groups in total. The maximum absolute atomic E-state index is 10.5. The van der Waals surface area contributed by atoms with Crippen LogP contribution >= 0.6 is 0 Å². The van der Waals surface area contributed by atoms with Gasteiger partial charge in [-0.2, -0.15) is 4.98 Å². The predicted octanol–water partition coefficient (Wildman–Crippen LogP) is 1.40. The Balaban J connectivity index is 1.60. The van der Waals surface area contributed by atoms with E-state index in [2.05, 4.69) is 10.3 Å². The van der Waals surface area contributed by atoms with Crippen LogP contribution in [0.3, 0.4) is 0 Å². The van der Waals surface area contributed by atoms with E-state index in [-0.39, 0.29) is 6.10 Å². The van der Waals surface area contributed by atoms with Gasteiger partial charge < -0.3 is 25.6 Å². The van der Waals surface area contributed by atoms with E-state index in [1.54, 1.807) is 12.1 Å². The van der Waals surface area contributed by atoms with Gasteiger partial charge in [-0.1, -0.05) is 0 Å². The fourth-order valence-electron chi connectivity index (χ4n) is 2.39. The molecule has 21 heavy (non-hydrogen) atoms. The molecule has 2 aliphatic rings. The molecule has 116 valence electrons. The molecule has 1 aliphatic carbocycles. The summed E-state index contributed by atoms with van der Waals surface area (Å²) in [6.45, 7) is 3.54. The van der Waals surface area contributed by atoms with Crippen LogP contribution in [-0.4, -0.2) is 41.6 Å². The summed E-state index contributed by atoms with van der Waals surface area (Å²) in [7, 11) is 0. The van der Waals surface area contributed by atoms with Crippen molar-refractivity contribution in [1.82, 2.24) is 4.98 Å². The largest absolute Gasteiger partial charge is 0.476 e. The van der Waals surface area contributed by atoms with Crippen molar-refractivity contribution >= 4 is 11.5 Å². The number of nitrogens with zero attached hydrogens (tertiary/aromatic N) is 1. The number of ether oxygens (including phenoxy) is 2. The SMILES string of the molecule is CC1OCCC1(O)CNc1ccc(N)c(OCC2CC2)n1. The lowest BCUT2D eigenvalue weighted by Crippen LogP contribution is -2.43. The Kier molecular flexibility index (Phi) is 3.91. The molecule has 6 heteroatoms. The Morgan fingerprint density at radius 2 is 2.33 bits per heavy atom. The molecule has 0 spiro atoms. The minimum absolute atomic E-state index is 0.177. The quantitative estimate of drug-likeness (QED) is 0.734. The Morgan fingerprint density at radius 3 is 3.00 bits per heavy atom. The zero-order valence-corrected chi connectivity index (χ0v) is 12.3. The summed E-state index contributed by atoms with van der Waals surface area (Å²) in [5.74, 6) is 1.78. The average Bonchev–Trinajstić information content (AvgIpc) is 3.23. The Bertz CT molecular complexity index is 507. The molecular formula is C15H23N3O3. The first-order valence-corrected chi connectivity index (χ1v) is 7.54. The van der Waals surface area contributed by atoms with E-state index in [0.29, 0.717) is 49.5 Å². The first kappa shape index (κ1) is 14.4. The number of anilines is 2. The highest BCUT2D eigenvalue weighted by molar-refractivity contribution is 5.53. The van der Waals surface area contributed by atoms with Crippen molar-refractivity contribution in [1.29, 1.82) is 0 Å². The zero-order chi connectivity index (χ0) is 14.9. The van der Waals surface area contributed by atoms with E-state index in [1.165, 1.54) is 12.8 Å². The molecule has 2 atom stereocenters. The minimum atomic E-state index is -0.849. The van der Waals surface area contributed by atoms with Crippen LogP contribution < -0.4 is 15.8 Å². The number of nitrogens with one attached hydrogen (secondary N) is 1. The van der Waals surface area contributed by atoms with Gasteiger partial charge in [0.2, 0.25) is 5.88 Å². The lowest BCUT2D eigenvalue weighted by molar-refractivity contribution is -0.0176. The molecule has 0 radical (unpaired) electrons. The third-order valence-corrected chi connectivity index (χ3v) is 4.28. The van der Waals surface area contributed by atoms with Crippen LogP contribution in [0.25, 0.3) is 0 Å². The molecule has 2 heterocycles. The normalized spacial score (nSPS) is 28.6. The van der Waals surface area contributed by atoms with Crippen molar-refractivity contribution in [3.8, 4) is 5.88 Å². The van der Waals surface area contributed by atoms with Gasteiger partial charge in [-0.25, -0.2) is 0 Å². The Hall–Kier alpha value is -1.53. The zero-order valence-electron chi connectivity index (χ0n) is 12.3. The number of pyridine rings is 1. The van der Waals surface area contributed by atoms with Gasteiger partial charge in [-0.05, 0) is 37.8 Å². The number of hydrogen-bond acceptors (Lipinski definition) is 6. The van der Waals surface area contributed by atoms with E-state index in [9.17, 15) is 5.11 Å². The van der Waals surface area contributed by atoms with Gasteiger partial charge in [-0.15, -0.1) is 0 Å². The van der Waals surface area contributed by atoms with Gasteiger partial charge in [0, 0.05) is 19.6 Å². The maximum atomic E-state index is 10.5. The smallest absolute Gasteiger partial charge is 0.239 e. The van der Waals surface area contributed by atoms with Gasteiger partial charge in [0.15, 0.2) is 0 Å².